The minimum absolute atomic E-state index is 0.264. The van der Waals surface area contributed by atoms with E-state index in [-0.39, 0.29) is 6.61 Å². The fourth-order valence-corrected chi connectivity index (χ4v) is 5.40. The van der Waals surface area contributed by atoms with Crippen molar-refractivity contribution in [2.24, 2.45) is 0 Å². The van der Waals surface area contributed by atoms with Gasteiger partial charge in [-0.05, 0) is 95.7 Å². The summed E-state index contributed by atoms with van der Waals surface area (Å²) >= 11 is 0. The van der Waals surface area contributed by atoms with E-state index in [1.165, 1.54) is 5.56 Å². The molecular weight excluding hydrogens is 490 g/mol. The van der Waals surface area contributed by atoms with Crippen LogP contribution in [-0.2, 0) is 27.2 Å². The number of hydrogen-bond donors (Lipinski definition) is 0. The SMILES string of the molecule is CCOC(=O)C(OC(C)(C)C)c1c(C)cc2nc(CN(C)C)ccc2c1-c1ccc2c3c(ccnc13)CCO2. The summed E-state index contributed by atoms with van der Waals surface area (Å²) in [5.41, 5.74) is 6.78. The van der Waals surface area contributed by atoms with Gasteiger partial charge in [0.1, 0.15) is 5.75 Å². The Hall–Kier alpha value is -3.55. The summed E-state index contributed by atoms with van der Waals surface area (Å²) in [7, 11) is 4.06. The lowest BCUT2D eigenvalue weighted by atomic mass is 9.86. The van der Waals surface area contributed by atoms with Gasteiger partial charge in [0.05, 0.1) is 35.5 Å². The molecule has 0 aliphatic carbocycles. The van der Waals surface area contributed by atoms with Crippen LogP contribution in [0.1, 0.15) is 56.2 Å². The van der Waals surface area contributed by atoms with Crippen molar-refractivity contribution in [3.05, 3.63) is 65.0 Å². The molecule has 5 rings (SSSR count). The number of rotatable bonds is 7. The molecule has 0 saturated carbocycles. The van der Waals surface area contributed by atoms with E-state index in [1.54, 1.807) is 0 Å². The van der Waals surface area contributed by atoms with Gasteiger partial charge < -0.3 is 19.1 Å². The third-order valence-electron chi connectivity index (χ3n) is 6.85. The number of carbonyl (C=O) groups is 1. The van der Waals surface area contributed by atoms with Crippen molar-refractivity contribution in [3.8, 4) is 16.9 Å². The molecule has 0 amide bonds. The molecule has 0 fully saturated rings. The maximum atomic E-state index is 13.5. The van der Waals surface area contributed by atoms with Gasteiger partial charge in [0.25, 0.3) is 0 Å². The number of aryl methyl sites for hydroxylation is 1. The highest BCUT2D eigenvalue weighted by Crippen LogP contribution is 2.45. The van der Waals surface area contributed by atoms with Gasteiger partial charge in [-0.3, -0.25) is 9.97 Å². The number of fused-ring (bicyclic) bond motifs is 1. The van der Waals surface area contributed by atoms with E-state index in [0.717, 1.165) is 68.5 Å². The second-order valence-corrected chi connectivity index (χ2v) is 11.4. The molecule has 2 aromatic heterocycles. The Morgan fingerprint density at radius 1 is 1.15 bits per heavy atom. The minimum atomic E-state index is -0.923. The lowest BCUT2D eigenvalue weighted by Gasteiger charge is -2.30. The molecule has 39 heavy (non-hydrogen) atoms. The van der Waals surface area contributed by atoms with Gasteiger partial charge in [-0.25, -0.2) is 4.79 Å². The molecule has 2 aromatic carbocycles. The fourth-order valence-electron chi connectivity index (χ4n) is 5.40. The largest absolute Gasteiger partial charge is 0.493 e. The van der Waals surface area contributed by atoms with Gasteiger partial charge in [0, 0.05) is 41.1 Å². The molecule has 204 valence electrons. The van der Waals surface area contributed by atoms with E-state index in [2.05, 4.69) is 23.1 Å². The summed E-state index contributed by atoms with van der Waals surface area (Å²) in [6.45, 7) is 11.3. The van der Waals surface area contributed by atoms with Gasteiger partial charge in [0.15, 0.2) is 6.10 Å². The number of hydrogen-bond acceptors (Lipinski definition) is 7. The second kappa shape index (κ2) is 10.5. The number of ether oxygens (including phenoxy) is 3. The minimum Gasteiger partial charge on any atom is -0.493 e. The molecule has 0 bridgehead atoms. The van der Waals surface area contributed by atoms with Crippen molar-refractivity contribution in [1.82, 2.24) is 14.9 Å². The molecule has 1 aliphatic heterocycles. The van der Waals surface area contributed by atoms with Crippen LogP contribution in [0.3, 0.4) is 0 Å². The van der Waals surface area contributed by atoms with E-state index in [4.69, 9.17) is 24.2 Å². The van der Waals surface area contributed by atoms with Crippen LogP contribution in [0.15, 0.2) is 42.6 Å². The molecule has 0 N–H and O–H groups in total. The van der Waals surface area contributed by atoms with Crippen LogP contribution >= 0.6 is 0 Å². The van der Waals surface area contributed by atoms with Crippen LogP contribution in [-0.4, -0.2) is 53.7 Å². The number of aromatic nitrogens is 2. The topological polar surface area (TPSA) is 73.8 Å². The van der Waals surface area contributed by atoms with Gasteiger partial charge in [0.2, 0.25) is 0 Å². The first-order valence-electron chi connectivity index (χ1n) is 13.5. The zero-order valence-corrected chi connectivity index (χ0v) is 23.9. The van der Waals surface area contributed by atoms with Crippen molar-refractivity contribution in [3.63, 3.8) is 0 Å². The number of carbonyl (C=O) groups excluding carboxylic acids is 1. The first kappa shape index (κ1) is 27.0. The first-order chi connectivity index (χ1) is 18.6. The third kappa shape index (κ3) is 5.34. The highest BCUT2D eigenvalue weighted by molar-refractivity contribution is 6.08. The van der Waals surface area contributed by atoms with Gasteiger partial charge in [-0.1, -0.05) is 6.07 Å². The van der Waals surface area contributed by atoms with Crippen LogP contribution < -0.4 is 4.74 Å². The summed E-state index contributed by atoms with van der Waals surface area (Å²) in [6.07, 6.45) is 1.76. The second-order valence-electron chi connectivity index (χ2n) is 11.4. The van der Waals surface area contributed by atoms with E-state index in [9.17, 15) is 4.79 Å². The van der Waals surface area contributed by atoms with E-state index < -0.39 is 17.7 Å². The fraction of sp³-hybridized carbons (Fsp3) is 0.406. The Bertz CT molecular complexity index is 1550. The summed E-state index contributed by atoms with van der Waals surface area (Å²) < 4.78 is 18.0. The Labute approximate surface area is 230 Å². The van der Waals surface area contributed by atoms with E-state index >= 15 is 0 Å². The highest BCUT2D eigenvalue weighted by atomic mass is 16.6. The summed E-state index contributed by atoms with van der Waals surface area (Å²) in [5, 5.41) is 1.95. The number of esters is 1. The predicted molar refractivity (Wildman–Crippen MR) is 154 cm³/mol. The lowest BCUT2D eigenvalue weighted by Crippen LogP contribution is -2.29. The molecule has 1 atom stereocenters. The van der Waals surface area contributed by atoms with Gasteiger partial charge in [-0.2, -0.15) is 0 Å². The summed E-state index contributed by atoms with van der Waals surface area (Å²) in [5.74, 6) is 0.424. The van der Waals surface area contributed by atoms with Crippen LogP contribution in [0.25, 0.3) is 32.9 Å². The average molecular weight is 528 g/mol. The van der Waals surface area contributed by atoms with Crippen molar-refractivity contribution in [2.75, 3.05) is 27.3 Å². The van der Waals surface area contributed by atoms with E-state index in [1.807, 2.05) is 73.1 Å². The lowest BCUT2D eigenvalue weighted by molar-refractivity contribution is -0.166. The Morgan fingerprint density at radius 3 is 2.67 bits per heavy atom. The van der Waals surface area contributed by atoms with Crippen LogP contribution in [0.2, 0.25) is 0 Å². The highest BCUT2D eigenvalue weighted by Gasteiger charge is 2.34. The number of pyridine rings is 2. The van der Waals surface area contributed by atoms with Crippen LogP contribution in [0, 0.1) is 6.92 Å². The summed E-state index contributed by atoms with van der Waals surface area (Å²) in [4.78, 5) is 25.5. The average Bonchev–Trinajstić information content (AvgIpc) is 2.87. The smallest absolute Gasteiger partial charge is 0.339 e. The standard InChI is InChI=1S/C32H37N3O4/c1-8-37-31(36)30(39-32(3,4)5)26-19(2)17-24-22(10-9-21(34-24)18-35(6)7)28(26)23-11-12-25-27-20(14-16-38-25)13-15-33-29(23)27/h9-13,15,17,30H,8,14,16,18H2,1-7H3. The molecule has 0 radical (unpaired) electrons. The van der Waals surface area contributed by atoms with Crippen molar-refractivity contribution >= 4 is 27.8 Å². The molecule has 3 heterocycles. The molecule has 0 spiro atoms. The predicted octanol–water partition coefficient (Wildman–Crippen LogP) is 6.17. The number of benzene rings is 2. The monoisotopic (exact) mass is 527 g/mol. The number of nitrogens with zero attached hydrogens (tertiary/aromatic N) is 3. The molecule has 1 aliphatic rings. The Morgan fingerprint density at radius 2 is 1.95 bits per heavy atom. The normalized spacial score (nSPS) is 14.1. The molecular formula is C32H37N3O4. The molecule has 4 aromatic rings. The zero-order valence-electron chi connectivity index (χ0n) is 23.9. The first-order valence-corrected chi connectivity index (χ1v) is 13.5. The quantitative estimate of drug-likeness (QED) is 0.266. The van der Waals surface area contributed by atoms with Crippen molar-refractivity contribution in [2.45, 2.75) is 59.3 Å². The van der Waals surface area contributed by atoms with E-state index in [0.29, 0.717) is 6.61 Å². The van der Waals surface area contributed by atoms with Crippen molar-refractivity contribution < 1.29 is 19.0 Å². The van der Waals surface area contributed by atoms with Crippen LogP contribution in [0.4, 0.5) is 0 Å². The maximum absolute atomic E-state index is 13.5. The van der Waals surface area contributed by atoms with Gasteiger partial charge in [-0.15, -0.1) is 0 Å². The molecule has 7 heteroatoms. The Balaban J connectivity index is 1.87. The third-order valence-corrected chi connectivity index (χ3v) is 6.85. The van der Waals surface area contributed by atoms with Crippen molar-refractivity contribution in [1.29, 1.82) is 0 Å². The van der Waals surface area contributed by atoms with Crippen LogP contribution in [0.5, 0.6) is 5.75 Å². The maximum Gasteiger partial charge on any atom is 0.339 e. The van der Waals surface area contributed by atoms with Gasteiger partial charge >= 0.3 is 5.97 Å². The molecule has 7 nitrogen and oxygen atoms in total. The molecule has 0 saturated heterocycles. The summed E-state index contributed by atoms with van der Waals surface area (Å²) in [6, 6.07) is 12.3. The zero-order chi connectivity index (χ0) is 27.9. The Kier molecular flexibility index (Phi) is 7.31. The molecule has 1 unspecified atom stereocenters.